The molecule has 0 aliphatic rings. The van der Waals surface area contributed by atoms with Gasteiger partial charge in [0.25, 0.3) is 5.91 Å². The molecule has 0 radical (unpaired) electrons. The van der Waals surface area contributed by atoms with Crippen molar-refractivity contribution in [3.63, 3.8) is 0 Å². The van der Waals surface area contributed by atoms with E-state index in [1.165, 1.54) is 12.6 Å². The van der Waals surface area contributed by atoms with Gasteiger partial charge in [0.2, 0.25) is 11.8 Å². The predicted molar refractivity (Wildman–Crippen MR) is 133 cm³/mol. The zero-order chi connectivity index (χ0) is 24.2. The molecule has 0 heterocycles. The number of hydrogen-bond donors (Lipinski definition) is 4. The molecule has 0 saturated carbocycles. The minimum Gasteiger partial charge on any atom is -0.357 e. The van der Waals surface area contributed by atoms with Crippen LogP contribution in [-0.4, -0.2) is 50.4 Å². The van der Waals surface area contributed by atoms with Crippen molar-refractivity contribution < 1.29 is 14.4 Å². The fraction of sp³-hybridized carbons (Fsp3) is 0.222. The van der Waals surface area contributed by atoms with Gasteiger partial charge in [-0.3, -0.25) is 14.4 Å². The summed E-state index contributed by atoms with van der Waals surface area (Å²) in [6.07, 6.45) is 0.814. The molecule has 0 saturated heterocycles. The van der Waals surface area contributed by atoms with E-state index in [1.54, 1.807) is 12.1 Å². The number of carbonyl (C=O) groups excluding carboxylic acids is 3. The van der Waals surface area contributed by atoms with Crippen LogP contribution in [0.5, 0.6) is 0 Å². The lowest BCUT2D eigenvalue weighted by atomic mass is 10.0. The zero-order valence-corrected chi connectivity index (χ0v) is 19.2. The molecule has 0 spiro atoms. The smallest absolute Gasteiger partial charge is 0.251 e. The monoisotopic (exact) mass is 458 g/mol. The van der Waals surface area contributed by atoms with Crippen molar-refractivity contribution in [3.8, 4) is 11.1 Å². The fourth-order valence-electron chi connectivity index (χ4n) is 3.43. The first kappa shape index (κ1) is 24.7. The molecule has 34 heavy (non-hydrogen) atoms. The van der Waals surface area contributed by atoms with Gasteiger partial charge in [0.15, 0.2) is 0 Å². The molecular formula is C27H30N4O3. The Labute approximate surface area is 200 Å². The standard InChI is InChI=1S/C27H30N4O3/c1-28-27(34)24(18-30-25(32)19-29-17-16-20-8-4-2-5-9-20)31-26(33)23-14-12-22(13-15-23)21-10-6-3-7-11-21/h2-15,24,29H,16-19H2,1H3,(H,28,34)(H,30,32)(H,31,33)/t24-/m0/s1. The van der Waals surface area contributed by atoms with Crippen LogP contribution in [0.25, 0.3) is 11.1 Å². The van der Waals surface area contributed by atoms with Crippen molar-refractivity contribution in [2.24, 2.45) is 0 Å². The van der Waals surface area contributed by atoms with Crippen LogP contribution in [0.15, 0.2) is 84.9 Å². The third kappa shape index (κ3) is 7.56. The molecule has 4 N–H and O–H groups in total. The Hall–Kier alpha value is -3.97. The van der Waals surface area contributed by atoms with Crippen molar-refractivity contribution in [3.05, 3.63) is 96.1 Å². The Bertz CT molecular complexity index is 1070. The molecule has 7 nitrogen and oxygen atoms in total. The van der Waals surface area contributed by atoms with E-state index in [2.05, 4.69) is 21.3 Å². The van der Waals surface area contributed by atoms with Gasteiger partial charge in [-0.1, -0.05) is 72.8 Å². The summed E-state index contributed by atoms with van der Waals surface area (Å²) in [7, 11) is 1.49. The molecule has 7 heteroatoms. The van der Waals surface area contributed by atoms with Gasteiger partial charge in [0, 0.05) is 19.2 Å². The summed E-state index contributed by atoms with van der Waals surface area (Å²) in [5.41, 5.74) is 3.67. The Morgan fingerprint density at radius 3 is 2.06 bits per heavy atom. The molecule has 0 aliphatic heterocycles. The van der Waals surface area contributed by atoms with Gasteiger partial charge in [-0.15, -0.1) is 0 Å². The Balaban J connectivity index is 1.47. The maximum atomic E-state index is 12.7. The number of likely N-dealkylation sites (N-methyl/N-ethyl adjacent to an activating group) is 1. The molecule has 0 fully saturated rings. The lowest BCUT2D eigenvalue weighted by molar-refractivity contribution is -0.123. The molecule has 3 amide bonds. The van der Waals surface area contributed by atoms with E-state index in [-0.39, 0.29) is 30.8 Å². The maximum Gasteiger partial charge on any atom is 0.251 e. The van der Waals surface area contributed by atoms with E-state index in [0.717, 1.165) is 17.5 Å². The van der Waals surface area contributed by atoms with Crippen molar-refractivity contribution in [1.29, 1.82) is 0 Å². The number of hydrogen-bond acceptors (Lipinski definition) is 4. The van der Waals surface area contributed by atoms with Gasteiger partial charge < -0.3 is 21.3 Å². The zero-order valence-electron chi connectivity index (χ0n) is 19.2. The van der Waals surface area contributed by atoms with Gasteiger partial charge in [-0.25, -0.2) is 0 Å². The van der Waals surface area contributed by atoms with E-state index in [1.807, 2.05) is 72.8 Å². The van der Waals surface area contributed by atoms with Crippen molar-refractivity contribution in [2.45, 2.75) is 12.5 Å². The van der Waals surface area contributed by atoms with Gasteiger partial charge in [-0.05, 0) is 41.8 Å². The van der Waals surface area contributed by atoms with Crippen LogP contribution < -0.4 is 21.3 Å². The highest BCUT2D eigenvalue weighted by Crippen LogP contribution is 2.19. The number of benzene rings is 3. The molecule has 3 aromatic rings. The summed E-state index contributed by atoms with van der Waals surface area (Å²) in [4.78, 5) is 37.1. The Morgan fingerprint density at radius 2 is 1.41 bits per heavy atom. The van der Waals surface area contributed by atoms with E-state index in [9.17, 15) is 14.4 Å². The second kappa shape index (κ2) is 12.9. The predicted octanol–water partition coefficient (Wildman–Crippen LogP) is 2.15. The van der Waals surface area contributed by atoms with E-state index in [4.69, 9.17) is 0 Å². The topological polar surface area (TPSA) is 99.3 Å². The number of rotatable bonds is 11. The van der Waals surface area contributed by atoms with Crippen LogP contribution >= 0.6 is 0 Å². The summed E-state index contributed by atoms with van der Waals surface area (Å²) < 4.78 is 0. The minimum absolute atomic E-state index is 0.00723. The van der Waals surface area contributed by atoms with Gasteiger partial charge in [-0.2, -0.15) is 0 Å². The number of carbonyl (C=O) groups is 3. The molecule has 0 bridgehead atoms. The van der Waals surface area contributed by atoms with Crippen LogP contribution in [-0.2, 0) is 16.0 Å². The Morgan fingerprint density at radius 1 is 0.794 bits per heavy atom. The highest BCUT2D eigenvalue weighted by Gasteiger charge is 2.21. The molecule has 0 aliphatic carbocycles. The first-order valence-corrected chi connectivity index (χ1v) is 11.3. The summed E-state index contributed by atoms with van der Waals surface area (Å²) in [5.74, 6) is -1.02. The largest absolute Gasteiger partial charge is 0.357 e. The molecule has 3 rings (SSSR count). The van der Waals surface area contributed by atoms with Gasteiger partial charge in [0.1, 0.15) is 6.04 Å². The third-order valence-electron chi connectivity index (χ3n) is 5.34. The van der Waals surface area contributed by atoms with E-state index in [0.29, 0.717) is 12.1 Å². The SMILES string of the molecule is CNC(=O)[C@H](CNC(=O)CNCCc1ccccc1)NC(=O)c1ccc(-c2ccccc2)cc1. The minimum atomic E-state index is -0.889. The average Bonchev–Trinajstić information content (AvgIpc) is 2.89. The van der Waals surface area contributed by atoms with Crippen molar-refractivity contribution >= 4 is 17.7 Å². The maximum absolute atomic E-state index is 12.7. The normalized spacial score (nSPS) is 11.3. The molecular weight excluding hydrogens is 428 g/mol. The Kier molecular flexibility index (Phi) is 9.37. The van der Waals surface area contributed by atoms with E-state index < -0.39 is 6.04 Å². The van der Waals surface area contributed by atoms with Crippen LogP contribution in [0.3, 0.4) is 0 Å². The number of nitrogens with one attached hydrogen (secondary N) is 4. The summed E-state index contributed by atoms with van der Waals surface area (Å²) in [6.45, 7) is 0.779. The lowest BCUT2D eigenvalue weighted by Crippen LogP contribution is -2.52. The third-order valence-corrected chi connectivity index (χ3v) is 5.34. The van der Waals surface area contributed by atoms with Gasteiger partial charge in [0.05, 0.1) is 6.54 Å². The first-order chi connectivity index (χ1) is 16.6. The van der Waals surface area contributed by atoms with Crippen molar-refractivity contribution in [1.82, 2.24) is 21.3 Å². The molecule has 0 unspecified atom stereocenters. The van der Waals surface area contributed by atoms with Crippen LogP contribution in [0, 0.1) is 0 Å². The lowest BCUT2D eigenvalue weighted by Gasteiger charge is -2.18. The summed E-state index contributed by atoms with van der Waals surface area (Å²) in [5, 5.41) is 11.0. The molecule has 176 valence electrons. The molecule has 0 aromatic heterocycles. The highest BCUT2D eigenvalue weighted by molar-refractivity contribution is 5.98. The molecule has 1 atom stereocenters. The van der Waals surface area contributed by atoms with Crippen LogP contribution in [0.1, 0.15) is 15.9 Å². The van der Waals surface area contributed by atoms with Crippen LogP contribution in [0.2, 0.25) is 0 Å². The summed E-state index contributed by atoms with van der Waals surface area (Å²) in [6, 6.07) is 26.1. The number of amides is 3. The van der Waals surface area contributed by atoms with Crippen LogP contribution in [0.4, 0.5) is 0 Å². The fourth-order valence-corrected chi connectivity index (χ4v) is 3.43. The van der Waals surface area contributed by atoms with E-state index >= 15 is 0 Å². The van der Waals surface area contributed by atoms with Crippen molar-refractivity contribution in [2.75, 3.05) is 26.7 Å². The summed E-state index contributed by atoms with van der Waals surface area (Å²) >= 11 is 0. The van der Waals surface area contributed by atoms with Gasteiger partial charge >= 0.3 is 0 Å². The second-order valence-corrected chi connectivity index (χ2v) is 7.80. The quantitative estimate of drug-likeness (QED) is 0.331. The second-order valence-electron chi connectivity index (χ2n) is 7.80. The highest BCUT2D eigenvalue weighted by atomic mass is 16.2. The first-order valence-electron chi connectivity index (χ1n) is 11.3. The average molecular weight is 459 g/mol. The molecule has 3 aromatic carbocycles.